The SMILES string of the molecule is C=CC(=O)NCC=O.COc1nccc2c(SN3CCN(C)CC3)cccc12. The van der Waals surface area contributed by atoms with Crippen LogP contribution in [0.5, 0.6) is 5.88 Å². The molecule has 0 spiro atoms. The molecule has 1 aliphatic heterocycles. The topological polar surface area (TPSA) is 74.8 Å². The van der Waals surface area contributed by atoms with Gasteiger partial charge in [0, 0.05) is 48.0 Å². The van der Waals surface area contributed by atoms with Gasteiger partial charge in [-0.2, -0.15) is 0 Å². The lowest BCUT2D eigenvalue weighted by atomic mass is 10.2. The largest absolute Gasteiger partial charge is 0.481 e. The first kappa shape index (κ1) is 21.9. The molecule has 3 rings (SSSR count). The maximum Gasteiger partial charge on any atom is 0.243 e. The van der Waals surface area contributed by atoms with E-state index >= 15 is 0 Å². The van der Waals surface area contributed by atoms with Gasteiger partial charge >= 0.3 is 0 Å². The third-order valence-electron chi connectivity index (χ3n) is 4.16. The Bertz CT molecular complexity index is 807. The van der Waals surface area contributed by atoms with Crippen LogP contribution in [0.25, 0.3) is 10.8 Å². The summed E-state index contributed by atoms with van der Waals surface area (Å²) in [5.41, 5.74) is 0. The highest BCUT2D eigenvalue weighted by Crippen LogP contribution is 2.33. The molecule has 7 nitrogen and oxygen atoms in total. The Balaban J connectivity index is 0.000000300. The van der Waals surface area contributed by atoms with Crippen molar-refractivity contribution in [1.82, 2.24) is 19.5 Å². The van der Waals surface area contributed by atoms with Crippen molar-refractivity contribution in [3.8, 4) is 5.88 Å². The fourth-order valence-electron chi connectivity index (χ4n) is 2.63. The molecular weight excluding hydrogens is 376 g/mol. The molecule has 8 heteroatoms. The molecule has 1 aromatic heterocycles. The molecule has 0 radical (unpaired) electrons. The number of aromatic nitrogens is 1. The first-order valence-electron chi connectivity index (χ1n) is 8.96. The zero-order valence-electron chi connectivity index (χ0n) is 16.3. The first-order valence-corrected chi connectivity index (χ1v) is 9.73. The Kier molecular flexibility index (Phi) is 8.93. The van der Waals surface area contributed by atoms with Gasteiger partial charge in [0.2, 0.25) is 11.8 Å². The molecule has 0 saturated carbocycles. The van der Waals surface area contributed by atoms with Crippen molar-refractivity contribution in [2.24, 2.45) is 0 Å². The number of methoxy groups -OCH3 is 1. The molecule has 28 heavy (non-hydrogen) atoms. The summed E-state index contributed by atoms with van der Waals surface area (Å²) in [4.78, 5) is 27.7. The maximum atomic E-state index is 10.2. The summed E-state index contributed by atoms with van der Waals surface area (Å²) in [6.07, 6.45) is 3.54. The van der Waals surface area contributed by atoms with Gasteiger partial charge in [-0.05, 0) is 43.3 Å². The molecule has 1 aromatic carbocycles. The highest BCUT2D eigenvalue weighted by Gasteiger charge is 2.16. The Morgan fingerprint density at radius 1 is 1.29 bits per heavy atom. The lowest BCUT2D eigenvalue weighted by Crippen LogP contribution is -2.40. The number of hydrogen-bond acceptors (Lipinski definition) is 7. The third kappa shape index (κ3) is 6.33. The number of amides is 1. The molecule has 1 saturated heterocycles. The summed E-state index contributed by atoms with van der Waals surface area (Å²) in [6, 6.07) is 8.38. The predicted octanol–water partition coefficient (Wildman–Crippen LogP) is 1.99. The Hall–Kier alpha value is -2.42. The number of hydrogen-bond donors (Lipinski definition) is 1. The van der Waals surface area contributed by atoms with Crippen LogP contribution in [0.2, 0.25) is 0 Å². The molecule has 150 valence electrons. The smallest absolute Gasteiger partial charge is 0.243 e. The van der Waals surface area contributed by atoms with E-state index in [2.05, 4.69) is 57.4 Å². The van der Waals surface area contributed by atoms with Crippen LogP contribution >= 0.6 is 11.9 Å². The molecule has 0 aliphatic carbocycles. The van der Waals surface area contributed by atoms with E-state index in [-0.39, 0.29) is 12.5 Å². The van der Waals surface area contributed by atoms with E-state index < -0.39 is 0 Å². The van der Waals surface area contributed by atoms with Gasteiger partial charge in [0.15, 0.2) is 0 Å². The number of piperazine rings is 1. The van der Waals surface area contributed by atoms with E-state index in [9.17, 15) is 9.59 Å². The van der Waals surface area contributed by atoms with E-state index in [0.29, 0.717) is 12.2 Å². The standard InChI is InChI=1S/C15H19N3OS.C5H7NO2/c1-17-8-10-18(11-9-17)20-14-5-3-4-13-12(14)6-7-16-15(13)19-2;1-2-5(8)6-3-4-7/h3-7H,8-11H2,1-2H3;2,4H,1,3H2,(H,6,8). The van der Waals surface area contributed by atoms with E-state index in [1.54, 1.807) is 7.11 Å². The Morgan fingerprint density at radius 3 is 2.68 bits per heavy atom. The van der Waals surface area contributed by atoms with Crippen LogP contribution in [0.4, 0.5) is 0 Å². The molecule has 0 bridgehead atoms. The molecule has 0 atom stereocenters. The molecule has 1 amide bonds. The van der Waals surface area contributed by atoms with Crippen LogP contribution in [0.1, 0.15) is 0 Å². The van der Waals surface area contributed by atoms with Crippen LogP contribution in [-0.2, 0) is 9.59 Å². The van der Waals surface area contributed by atoms with Crippen molar-refractivity contribution >= 4 is 34.9 Å². The summed E-state index contributed by atoms with van der Waals surface area (Å²) in [6.45, 7) is 7.70. The average Bonchev–Trinajstić information content (AvgIpc) is 2.74. The van der Waals surface area contributed by atoms with Crippen LogP contribution in [-0.4, -0.2) is 73.3 Å². The van der Waals surface area contributed by atoms with Crippen molar-refractivity contribution < 1.29 is 14.3 Å². The van der Waals surface area contributed by atoms with Crippen molar-refractivity contribution in [3.05, 3.63) is 43.1 Å². The van der Waals surface area contributed by atoms with Gasteiger partial charge in [-0.1, -0.05) is 12.6 Å². The number of benzene rings is 1. The van der Waals surface area contributed by atoms with E-state index in [4.69, 9.17) is 4.74 Å². The van der Waals surface area contributed by atoms with Crippen molar-refractivity contribution in [2.75, 3.05) is 46.9 Å². The van der Waals surface area contributed by atoms with Gasteiger partial charge in [-0.15, -0.1) is 0 Å². The van der Waals surface area contributed by atoms with Crippen LogP contribution in [0.3, 0.4) is 0 Å². The normalized spacial score (nSPS) is 14.6. The number of pyridine rings is 1. The van der Waals surface area contributed by atoms with Crippen molar-refractivity contribution in [3.63, 3.8) is 0 Å². The second-order valence-electron chi connectivity index (χ2n) is 6.11. The number of likely N-dealkylation sites (N-methyl/N-ethyl adjacent to an activating group) is 1. The number of carbonyl (C=O) groups excluding carboxylic acids is 2. The highest BCUT2D eigenvalue weighted by atomic mass is 32.2. The van der Waals surface area contributed by atoms with E-state index in [1.807, 2.05) is 18.1 Å². The van der Waals surface area contributed by atoms with Crippen LogP contribution < -0.4 is 10.1 Å². The second-order valence-corrected chi connectivity index (χ2v) is 7.25. The quantitative estimate of drug-likeness (QED) is 0.450. The van der Waals surface area contributed by atoms with Gasteiger partial charge in [-0.3, -0.25) is 4.79 Å². The Morgan fingerprint density at radius 2 is 2.04 bits per heavy atom. The van der Waals surface area contributed by atoms with Gasteiger partial charge in [0.05, 0.1) is 13.7 Å². The van der Waals surface area contributed by atoms with Crippen LogP contribution in [0, 0.1) is 0 Å². The average molecular weight is 403 g/mol. The minimum absolute atomic E-state index is 0.0604. The van der Waals surface area contributed by atoms with Gasteiger partial charge in [0.25, 0.3) is 0 Å². The lowest BCUT2D eigenvalue weighted by molar-refractivity contribution is -0.118. The highest BCUT2D eigenvalue weighted by molar-refractivity contribution is 7.97. The van der Waals surface area contributed by atoms with E-state index in [0.717, 1.165) is 37.6 Å². The molecule has 2 aromatic rings. The Labute approximate surface area is 169 Å². The molecule has 0 unspecified atom stereocenters. The minimum atomic E-state index is -0.322. The van der Waals surface area contributed by atoms with Gasteiger partial charge in [0.1, 0.15) is 6.29 Å². The molecule has 2 heterocycles. The molecular formula is C20H26N4O3S. The number of aldehydes is 1. The lowest BCUT2D eigenvalue weighted by Gasteiger charge is -2.31. The monoisotopic (exact) mass is 402 g/mol. The van der Waals surface area contributed by atoms with Crippen molar-refractivity contribution in [2.45, 2.75) is 4.90 Å². The predicted molar refractivity (Wildman–Crippen MR) is 112 cm³/mol. The number of fused-ring (bicyclic) bond motifs is 1. The summed E-state index contributed by atoms with van der Waals surface area (Å²) >= 11 is 1.84. The number of nitrogens with zero attached hydrogens (tertiary/aromatic N) is 3. The number of carbonyl (C=O) groups is 2. The number of nitrogens with one attached hydrogen (secondary N) is 1. The zero-order valence-corrected chi connectivity index (χ0v) is 17.1. The van der Waals surface area contributed by atoms with Crippen molar-refractivity contribution in [1.29, 1.82) is 0 Å². The zero-order chi connectivity index (χ0) is 20.4. The maximum absolute atomic E-state index is 10.2. The van der Waals surface area contributed by atoms with Gasteiger partial charge in [-0.25, -0.2) is 9.29 Å². The fraction of sp³-hybridized carbons (Fsp3) is 0.350. The number of ether oxygens (including phenoxy) is 1. The minimum Gasteiger partial charge on any atom is -0.481 e. The fourth-order valence-corrected chi connectivity index (χ4v) is 3.67. The molecule has 1 N–H and O–H groups in total. The van der Waals surface area contributed by atoms with E-state index in [1.165, 1.54) is 10.3 Å². The third-order valence-corrected chi connectivity index (χ3v) is 5.33. The molecule has 1 aliphatic rings. The summed E-state index contributed by atoms with van der Waals surface area (Å²) in [5.74, 6) is 0.375. The second kappa shape index (κ2) is 11.4. The first-order chi connectivity index (χ1) is 13.6. The van der Waals surface area contributed by atoms with Crippen LogP contribution in [0.15, 0.2) is 48.0 Å². The summed E-state index contributed by atoms with van der Waals surface area (Å²) in [7, 11) is 3.85. The summed E-state index contributed by atoms with van der Waals surface area (Å²) < 4.78 is 7.78. The summed E-state index contributed by atoms with van der Waals surface area (Å²) in [5, 5.41) is 4.55. The number of rotatable bonds is 6. The molecule has 1 fully saturated rings. The van der Waals surface area contributed by atoms with Gasteiger partial charge < -0.3 is 19.7 Å².